The van der Waals surface area contributed by atoms with E-state index in [1.807, 2.05) is 19.1 Å². The summed E-state index contributed by atoms with van der Waals surface area (Å²) in [4.78, 5) is 18.9. The van der Waals surface area contributed by atoms with Crippen molar-refractivity contribution >= 4 is 22.6 Å². The second kappa shape index (κ2) is 6.08. The highest BCUT2D eigenvalue weighted by Crippen LogP contribution is 2.24. The number of benzene rings is 1. The molecule has 2 aromatic rings. The van der Waals surface area contributed by atoms with E-state index in [2.05, 4.69) is 34.7 Å². The van der Waals surface area contributed by atoms with Gasteiger partial charge in [0.05, 0.1) is 17.6 Å². The van der Waals surface area contributed by atoms with Crippen LogP contribution in [0, 0.1) is 0 Å². The van der Waals surface area contributed by atoms with E-state index in [0.29, 0.717) is 12.5 Å². The predicted octanol–water partition coefficient (Wildman–Crippen LogP) is 3.00. The highest BCUT2D eigenvalue weighted by molar-refractivity contribution is 5.93. The van der Waals surface area contributed by atoms with Crippen LogP contribution in [0.15, 0.2) is 18.2 Å². The van der Waals surface area contributed by atoms with Crippen LogP contribution in [0.1, 0.15) is 39.4 Å². The minimum atomic E-state index is 0.0665. The molecule has 0 saturated heterocycles. The molecule has 3 rings (SSSR count). The zero-order valence-electron chi connectivity index (χ0n) is 13.6. The SMILES string of the molecule is CCCC(=O)Nc1ccc2c(c1)nc1n2CCN(C(C)C)C1. The fraction of sp³-hybridized carbons (Fsp3) is 0.529. The number of rotatable bonds is 4. The van der Waals surface area contributed by atoms with Crippen LogP contribution < -0.4 is 5.32 Å². The third kappa shape index (κ3) is 2.86. The molecule has 0 saturated carbocycles. The van der Waals surface area contributed by atoms with Crippen molar-refractivity contribution < 1.29 is 4.79 Å². The molecule has 2 heterocycles. The molecular formula is C17H24N4O. The topological polar surface area (TPSA) is 50.2 Å². The summed E-state index contributed by atoms with van der Waals surface area (Å²) in [6, 6.07) is 6.56. The molecular weight excluding hydrogens is 276 g/mol. The highest BCUT2D eigenvalue weighted by Gasteiger charge is 2.21. The van der Waals surface area contributed by atoms with Gasteiger partial charge >= 0.3 is 0 Å². The van der Waals surface area contributed by atoms with Crippen LogP contribution in [-0.4, -0.2) is 32.9 Å². The first-order chi connectivity index (χ1) is 10.6. The van der Waals surface area contributed by atoms with Crippen molar-refractivity contribution in [3.05, 3.63) is 24.0 Å². The van der Waals surface area contributed by atoms with Gasteiger partial charge in [-0.2, -0.15) is 0 Å². The molecule has 1 aromatic carbocycles. The normalized spacial score (nSPS) is 15.3. The van der Waals surface area contributed by atoms with Gasteiger partial charge in [0.2, 0.25) is 5.91 Å². The lowest BCUT2D eigenvalue weighted by molar-refractivity contribution is -0.116. The quantitative estimate of drug-likeness (QED) is 0.944. The third-order valence-electron chi connectivity index (χ3n) is 4.27. The van der Waals surface area contributed by atoms with Crippen molar-refractivity contribution in [3.63, 3.8) is 0 Å². The second-order valence-corrected chi connectivity index (χ2v) is 6.25. The lowest BCUT2D eigenvalue weighted by atomic mass is 10.2. The van der Waals surface area contributed by atoms with E-state index in [1.54, 1.807) is 0 Å². The summed E-state index contributed by atoms with van der Waals surface area (Å²) in [5, 5.41) is 2.94. The summed E-state index contributed by atoms with van der Waals surface area (Å²) in [5.41, 5.74) is 2.96. The van der Waals surface area contributed by atoms with Crippen molar-refractivity contribution in [2.45, 2.75) is 52.7 Å². The summed E-state index contributed by atoms with van der Waals surface area (Å²) in [5.74, 6) is 1.18. The van der Waals surface area contributed by atoms with Crippen LogP contribution in [0.4, 0.5) is 5.69 Å². The molecule has 0 atom stereocenters. The number of aromatic nitrogens is 2. The lowest BCUT2D eigenvalue weighted by Gasteiger charge is -2.30. The lowest BCUT2D eigenvalue weighted by Crippen LogP contribution is -2.38. The Labute approximate surface area is 131 Å². The van der Waals surface area contributed by atoms with E-state index in [-0.39, 0.29) is 5.91 Å². The van der Waals surface area contributed by atoms with Crippen molar-refractivity contribution in [1.29, 1.82) is 0 Å². The van der Waals surface area contributed by atoms with Gasteiger partial charge in [-0.25, -0.2) is 4.98 Å². The van der Waals surface area contributed by atoms with Gasteiger partial charge in [-0.15, -0.1) is 0 Å². The molecule has 1 aliphatic heterocycles. The monoisotopic (exact) mass is 300 g/mol. The largest absolute Gasteiger partial charge is 0.326 e. The molecule has 0 unspecified atom stereocenters. The maximum absolute atomic E-state index is 11.7. The summed E-state index contributed by atoms with van der Waals surface area (Å²) < 4.78 is 2.30. The van der Waals surface area contributed by atoms with Crippen molar-refractivity contribution in [2.75, 3.05) is 11.9 Å². The van der Waals surface area contributed by atoms with Crippen LogP contribution in [-0.2, 0) is 17.9 Å². The van der Waals surface area contributed by atoms with Gasteiger partial charge in [0.25, 0.3) is 0 Å². The summed E-state index contributed by atoms with van der Waals surface area (Å²) in [7, 11) is 0. The van der Waals surface area contributed by atoms with Gasteiger partial charge in [-0.05, 0) is 38.5 Å². The van der Waals surface area contributed by atoms with Crippen LogP contribution in [0.3, 0.4) is 0 Å². The number of carbonyl (C=O) groups is 1. The number of hydrogen-bond donors (Lipinski definition) is 1. The van der Waals surface area contributed by atoms with Gasteiger partial charge < -0.3 is 9.88 Å². The Morgan fingerprint density at radius 2 is 2.18 bits per heavy atom. The van der Waals surface area contributed by atoms with Crippen LogP contribution in [0.5, 0.6) is 0 Å². The Morgan fingerprint density at radius 1 is 1.36 bits per heavy atom. The average Bonchev–Trinajstić information content (AvgIpc) is 2.83. The van der Waals surface area contributed by atoms with Gasteiger partial charge in [0, 0.05) is 31.2 Å². The second-order valence-electron chi connectivity index (χ2n) is 6.25. The Kier molecular flexibility index (Phi) is 4.16. The van der Waals surface area contributed by atoms with Crippen molar-refractivity contribution in [2.24, 2.45) is 0 Å². The molecule has 1 aliphatic rings. The Balaban J connectivity index is 1.87. The smallest absolute Gasteiger partial charge is 0.224 e. The standard InChI is InChI=1S/C17H24N4O/c1-4-5-17(22)18-13-6-7-15-14(10-13)19-16-11-20(12(2)3)8-9-21(15)16/h6-7,10,12H,4-5,8-9,11H2,1-3H3,(H,18,22). The number of imidazole rings is 1. The fourth-order valence-electron chi connectivity index (χ4n) is 3.01. The molecule has 0 fully saturated rings. The van der Waals surface area contributed by atoms with E-state index in [1.165, 1.54) is 0 Å². The van der Waals surface area contributed by atoms with Gasteiger partial charge in [-0.1, -0.05) is 6.92 Å². The minimum Gasteiger partial charge on any atom is -0.326 e. The van der Waals surface area contributed by atoms with Crippen LogP contribution in [0.2, 0.25) is 0 Å². The minimum absolute atomic E-state index is 0.0665. The number of amides is 1. The van der Waals surface area contributed by atoms with E-state index < -0.39 is 0 Å². The first kappa shape index (κ1) is 15.0. The van der Waals surface area contributed by atoms with Gasteiger partial charge in [0.15, 0.2) is 0 Å². The maximum atomic E-state index is 11.7. The van der Waals surface area contributed by atoms with Crippen LogP contribution >= 0.6 is 0 Å². The molecule has 1 N–H and O–H groups in total. The Bertz CT molecular complexity index is 689. The first-order valence-electron chi connectivity index (χ1n) is 8.11. The first-order valence-corrected chi connectivity index (χ1v) is 8.11. The summed E-state index contributed by atoms with van der Waals surface area (Å²) in [6.07, 6.45) is 1.42. The van der Waals surface area contributed by atoms with Crippen molar-refractivity contribution in [1.82, 2.24) is 14.5 Å². The van der Waals surface area contributed by atoms with E-state index in [4.69, 9.17) is 4.98 Å². The Morgan fingerprint density at radius 3 is 2.91 bits per heavy atom. The number of anilines is 1. The number of nitrogens with one attached hydrogen (secondary N) is 1. The van der Waals surface area contributed by atoms with Gasteiger partial charge in [0.1, 0.15) is 5.82 Å². The van der Waals surface area contributed by atoms with E-state index in [9.17, 15) is 4.79 Å². The van der Waals surface area contributed by atoms with Gasteiger partial charge in [-0.3, -0.25) is 9.69 Å². The number of hydrogen-bond acceptors (Lipinski definition) is 3. The molecule has 1 aromatic heterocycles. The maximum Gasteiger partial charge on any atom is 0.224 e. The number of carbonyl (C=O) groups excluding carboxylic acids is 1. The zero-order valence-corrected chi connectivity index (χ0v) is 13.6. The molecule has 118 valence electrons. The molecule has 1 amide bonds. The summed E-state index contributed by atoms with van der Waals surface area (Å²) >= 11 is 0. The summed E-state index contributed by atoms with van der Waals surface area (Å²) in [6.45, 7) is 9.38. The highest BCUT2D eigenvalue weighted by atomic mass is 16.1. The van der Waals surface area contributed by atoms with E-state index in [0.717, 1.165) is 48.6 Å². The molecule has 5 heteroatoms. The Hall–Kier alpha value is -1.88. The molecule has 0 radical (unpaired) electrons. The zero-order chi connectivity index (χ0) is 15.7. The number of fused-ring (bicyclic) bond motifs is 3. The third-order valence-corrected chi connectivity index (χ3v) is 4.27. The number of nitrogens with zero attached hydrogens (tertiary/aromatic N) is 3. The predicted molar refractivity (Wildman–Crippen MR) is 88.8 cm³/mol. The molecule has 0 bridgehead atoms. The van der Waals surface area contributed by atoms with Crippen LogP contribution in [0.25, 0.3) is 11.0 Å². The fourth-order valence-corrected chi connectivity index (χ4v) is 3.01. The molecule has 5 nitrogen and oxygen atoms in total. The molecule has 0 spiro atoms. The molecule has 22 heavy (non-hydrogen) atoms. The average molecular weight is 300 g/mol. The van der Waals surface area contributed by atoms with Crippen molar-refractivity contribution in [3.8, 4) is 0 Å². The molecule has 0 aliphatic carbocycles. The van der Waals surface area contributed by atoms with E-state index >= 15 is 0 Å².